The summed E-state index contributed by atoms with van der Waals surface area (Å²) in [5.74, 6) is -1.28. The molecule has 166 valence electrons. The van der Waals surface area contributed by atoms with E-state index < -0.39 is 17.8 Å². The number of amides is 3. The molecule has 8 heteroatoms. The maximum absolute atomic E-state index is 13.1. The minimum absolute atomic E-state index is 0.165. The van der Waals surface area contributed by atoms with Crippen molar-refractivity contribution in [1.29, 1.82) is 0 Å². The van der Waals surface area contributed by atoms with Crippen molar-refractivity contribution in [3.63, 3.8) is 0 Å². The highest BCUT2D eigenvalue weighted by atomic mass is 19.1. The number of nitrogens with zero attached hydrogens (tertiary/aromatic N) is 1. The van der Waals surface area contributed by atoms with Crippen LogP contribution in [0.4, 0.5) is 10.1 Å². The molecule has 0 spiro atoms. The Bertz CT molecular complexity index is 915. The number of ether oxygens (including phenoxy) is 1. The molecule has 2 N–H and O–H groups in total. The summed E-state index contributed by atoms with van der Waals surface area (Å²) in [7, 11) is 1.53. The van der Waals surface area contributed by atoms with Crippen molar-refractivity contribution in [3.05, 3.63) is 59.9 Å². The van der Waals surface area contributed by atoms with Crippen molar-refractivity contribution < 1.29 is 23.5 Å². The molecule has 0 saturated heterocycles. The third-order valence-corrected chi connectivity index (χ3v) is 4.71. The van der Waals surface area contributed by atoms with Crippen molar-refractivity contribution in [1.82, 2.24) is 10.2 Å². The lowest BCUT2D eigenvalue weighted by Crippen LogP contribution is -2.52. The number of halogens is 1. The van der Waals surface area contributed by atoms with Crippen LogP contribution in [0.5, 0.6) is 5.75 Å². The topological polar surface area (TPSA) is 87.7 Å². The normalized spacial score (nSPS) is 11.5. The average molecular weight is 429 g/mol. The average Bonchev–Trinajstić information content (AvgIpc) is 2.75. The van der Waals surface area contributed by atoms with Gasteiger partial charge in [0.05, 0.1) is 13.7 Å². The first-order chi connectivity index (χ1) is 14.7. The lowest BCUT2D eigenvalue weighted by atomic mass is 10.0. The summed E-state index contributed by atoms with van der Waals surface area (Å²) in [6.07, 6.45) is 0. The van der Waals surface area contributed by atoms with Crippen LogP contribution in [-0.2, 0) is 9.59 Å². The van der Waals surface area contributed by atoms with E-state index in [0.29, 0.717) is 18.0 Å². The fourth-order valence-corrected chi connectivity index (χ4v) is 2.96. The predicted octanol–water partition coefficient (Wildman–Crippen LogP) is 3.08. The first-order valence-corrected chi connectivity index (χ1v) is 10.0. The molecule has 1 unspecified atom stereocenters. The van der Waals surface area contributed by atoms with Gasteiger partial charge < -0.3 is 20.3 Å². The summed E-state index contributed by atoms with van der Waals surface area (Å²) in [5.41, 5.74) is 0.802. The van der Waals surface area contributed by atoms with Gasteiger partial charge in [0.15, 0.2) is 0 Å². The summed E-state index contributed by atoms with van der Waals surface area (Å²) < 4.78 is 18.2. The van der Waals surface area contributed by atoms with Crippen LogP contribution < -0.4 is 15.4 Å². The molecule has 0 saturated carbocycles. The summed E-state index contributed by atoms with van der Waals surface area (Å²) in [5, 5.41) is 5.44. The second kappa shape index (κ2) is 11.1. The maximum Gasteiger partial charge on any atom is 0.251 e. The van der Waals surface area contributed by atoms with Crippen LogP contribution in [0.3, 0.4) is 0 Å². The molecule has 0 radical (unpaired) electrons. The Morgan fingerprint density at radius 1 is 1.10 bits per heavy atom. The molecule has 0 aromatic heterocycles. The highest BCUT2D eigenvalue weighted by molar-refractivity contribution is 5.99. The van der Waals surface area contributed by atoms with Crippen LogP contribution in [0.1, 0.15) is 31.1 Å². The number of carbonyl (C=O) groups is 3. The fourth-order valence-electron chi connectivity index (χ4n) is 2.96. The molecule has 0 aliphatic heterocycles. The van der Waals surface area contributed by atoms with Crippen LogP contribution in [0.25, 0.3) is 0 Å². The van der Waals surface area contributed by atoms with Gasteiger partial charge in [-0.05, 0) is 49.2 Å². The van der Waals surface area contributed by atoms with Crippen LogP contribution in [0.15, 0.2) is 48.5 Å². The largest absolute Gasteiger partial charge is 0.497 e. The van der Waals surface area contributed by atoms with Crippen LogP contribution >= 0.6 is 0 Å². The van der Waals surface area contributed by atoms with E-state index in [4.69, 9.17) is 4.74 Å². The molecule has 1 atom stereocenters. The van der Waals surface area contributed by atoms with Gasteiger partial charge in [-0.1, -0.05) is 19.9 Å². The molecule has 2 rings (SSSR count). The molecule has 0 heterocycles. The molecule has 7 nitrogen and oxygen atoms in total. The van der Waals surface area contributed by atoms with Gasteiger partial charge in [0, 0.05) is 23.9 Å². The number of anilines is 1. The van der Waals surface area contributed by atoms with Gasteiger partial charge in [-0.2, -0.15) is 0 Å². The number of benzene rings is 2. The van der Waals surface area contributed by atoms with Gasteiger partial charge in [0.2, 0.25) is 11.8 Å². The third-order valence-electron chi connectivity index (χ3n) is 4.71. The Balaban J connectivity index is 2.06. The van der Waals surface area contributed by atoms with Crippen molar-refractivity contribution in [2.24, 2.45) is 5.92 Å². The Morgan fingerprint density at radius 2 is 1.77 bits per heavy atom. The number of likely N-dealkylation sites (N-methyl/N-ethyl adjacent to an activating group) is 1. The highest BCUT2D eigenvalue weighted by Crippen LogP contribution is 2.17. The van der Waals surface area contributed by atoms with E-state index in [-0.39, 0.29) is 29.8 Å². The molecule has 3 amide bonds. The van der Waals surface area contributed by atoms with Crippen LogP contribution in [0, 0.1) is 11.7 Å². The molecular weight excluding hydrogens is 401 g/mol. The van der Waals surface area contributed by atoms with Gasteiger partial charge in [-0.25, -0.2) is 4.39 Å². The zero-order chi connectivity index (χ0) is 23.0. The molecule has 0 aliphatic rings. The Hall–Kier alpha value is -3.42. The number of hydrogen-bond acceptors (Lipinski definition) is 4. The maximum atomic E-state index is 13.1. The minimum Gasteiger partial charge on any atom is -0.497 e. The number of nitrogens with one attached hydrogen (secondary N) is 2. The van der Waals surface area contributed by atoms with E-state index in [2.05, 4.69) is 10.6 Å². The molecule has 2 aromatic carbocycles. The molecule has 0 fully saturated rings. The van der Waals surface area contributed by atoms with Gasteiger partial charge in [-0.15, -0.1) is 0 Å². The van der Waals surface area contributed by atoms with E-state index in [1.807, 2.05) is 0 Å². The summed E-state index contributed by atoms with van der Waals surface area (Å²) in [4.78, 5) is 39.5. The number of hydrogen-bond donors (Lipinski definition) is 2. The van der Waals surface area contributed by atoms with Crippen molar-refractivity contribution in [2.75, 3.05) is 25.5 Å². The van der Waals surface area contributed by atoms with E-state index >= 15 is 0 Å². The lowest BCUT2D eigenvalue weighted by Gasteiger charge is -2.28. The van der Waals surface area contributed by atoms with Gasteiger partial charge >= 0.3 is 0 Å². The molecule has 0 bridgehead atoms. The fraction of sp³-hybridized carbons (Fsp3) is 0.348. The number of methoxy groups -OCH3 is 1. The second-order valence-electron chi connectivity index (χ2n) is 7.33. The molecule has 0 aliphatic carbocycles. The third kappa shape index (κ3) is 6.80. The summed E-state index contributed by atoms with van der Waals surface area (Å²) in [6, 6.07) is 11.1. The zero-order valence-electron chi connectivity index (χ0n) is 18.1. The first-order valence-electron chi connectivity index (χ1n) is 10.0. The Kier molecular flexibility index (Phi) is 8.54. The zero-order valence-corrected chi connectivity index (χ0v) is 18.1. The van der Waals surface area contributed by atoms with E-state index in [1.165, 1.54) is 36.3 Å². The standard InChI is InChI=1S/C23H28FN3O4/c1-5-27(14-20(28)25-18-7-6-8-19(13-18)31-4)23(30)21(15(2)3)26-22(29)16-9-11-17(24)12-10-16/h6-13,15,21H,5,14H2,1-4H3,(H,25,28)(H,26,29). The quantitative estimate of drug-likeness (QED) is 0.641. The Labute approximate surface area is 181 Å². The van der Waals surface area contributed by atoms with E-state index in [1.54, 1.807) is 45.0 Å². The van der Waals surface area contributed by atoms with Crippen molar-refractivity contribution >= 4 is 23.4 Å². The highest BCUT2D eigenvalue weighted by Gasteiger charge is 2.29. The van der Waals surface area contributed by atoms with Crippen molar-refractivity contribution in [3.8, 4) is 5.75 Å². The SMILES string of the molecule is CCN(CC(=O)Nc1cccc(OC)c1)C(=O)C(NC(=O)c1ccc(F)cc1)C(C)C. The second-order valence-corrected chi connectivity index (χ2v) is 7.33. The van der Waals surface area contributed by atoms with Crippen LogP contribution in [-0.4, -0.2) is 48.9 Å². The lowest BCUT2D eigenvalue weighted by molar-refractivity contribution is -0.137. The predicted molar refractivity (Wildman–Crippen MR) is 116 cm³/mol. The van der Waals surface area contributed by atoms with Gasteiger partial charge in [0.1, 0.15) is 17.6 Å². The number of rotatable bonds is 9. The van der Waals surface area contributed by atoms with Gasteiger partial charge in [-0.3, -0.25) is 14.4 Å². The molecule has 31 heavy (non-hydrogen) atoms. The number of carbonyl (C=O) groups excluding carboxylic acids is 3. The minimum atomic E-state index is -0.831. The smallest absolute Gasteiger partial charge is 0.251 e. The molecule has 2 aromatic rings. The summed E-state index contributed by atoms with van der Waals surface area (Å²) in [6.45, 7) is 5.49. The van der Waals surface area contributed by atoms with Crippen molar-refractivity contribution in [2.45, 2.75) is 26.8 Å². The monoisotopic (exact) mass is 429 g/mol. The van der Waals surface area contributed by atoms with Crippen LogP contribution in [0.2, 0.25) is 0 Å². The van der Waals surface area contributed by atoms with E-state index in [9.17, 15) is 18.8 Å². The van der Waals surface area contributed by atoms with Gasteiger partial charge in [0.25, 0.3) is 5.91 Å². The summed E-state index contributed by atoms with van der Waals surface area (Å²) >= 11 is 0. The Morgan fingerprint density at radius 3 is 2.35 bits per heavy atom. The van der Waals surface area contributed by atoms with E-state index in [0.717, 1.165) is 0 Å². The molecular formula is C23H28FN3O4. The first kappa shape index (κ1) is 23.9.